The Bertz CT molecular complexity index is 3360. The highest BCUT2D eigenvalue weighted by atomic mass is 16.7. The highest BCUT2D eigenvalue weighted by Gasteiger charge is 2.52. The molecule has 0 amide bonds. The van der Waals surface area contributed by atoms with Gasteiger partial charge in [0.2, 0.25) is 0 Å². The third kappa shape index (κ3) is 4.52. The number of benzene rings is 8. The van der Waals surface area contributed by atoms with Crippen molar-refractivity contribution in [3.05, 3.63) is 151 Å². The number of rotatable bonds is 6. The Morgan fingerprint density at radius 3 is 1.79 bits per heavy atom. The molecule has 3 heteroatoms. The van der Waals surface area contributed by atoms with Gasteiger partial charge < -0.3 is 9.31 Å². The quantitative estimate of drug-likeness (QED) is 0.0958. The van der Waals surface area contributed by atoms with Crippen molar-refractivity contribution in [3.8, 4) is 22.3 Å². The number of hydrogen-bond donors (Lipinski definition) is 0. The van der Waals surface area contributed by atoms with Crippen molar-refractivity contribution in [2.75, 3.05) is 0 Å². The second-order valence-corrected chi connectivity index (χ2v) is 18.5. The highest BCUT2D eigenvalue weighted by molar-refractivity contribution is 6.66. The van der Waals surface area contributed by atoms with Crippen molar-refractivity contribution >= 4 is 88.0 Å². The van der Waals surface area contributed by atoms with E-state index in [1.165, 1.54) is 122 Å². The summed E-state index contributed by atoms with van der Waals surface area (Å²) in [5, 5.41) is 18.3. The average Bonchev–Trinajstić information content (AvgIpc) is 4.15. The van der Waals surface area contributed by atoms with Crippen LogP contribution in [0.1, 0.15) is 58.4 Å². The van der Waals surface area contributed by atoms with Gasteiger partial charge in [-0.05, 0) is 174 Å². The van der Waals surface area contributed by atoms with Gasteiger partial charge in [0.1, 0.15) is 0 Å². The molecule has 10 aromatic rings. The maximum absolute atomic E-state index is 6.73. The second-order valence-electron chi connectivity index (χ2n) is 18.5. The Labute approximate surface area is 338 Å². The van der Waals surface area contributed by atoms with Crippen LogP contribution in [0.3, 0.4) is 0 Å². The molecule has 1 saturated heterocycles. The zero-order valence-corrected chi connectivity index (χ0v) is 33.4. The van der Waals surface area contributed by atoms with Gasteiger partial charge in [0, 0.05) is 0 Å². The molecule has 0 N–H and O–H groups in total. The summed E-state index contributed by atoms with van der Waals surface area (Å²) in [7, 11) is -0.456. The van der Waals surface area contributed by atoms with Crippen LogP contribution in [0.25, 0.3) is 97.7 Å². The summed E-state index contributed by atoms with van der Waals surface area (Å²) in [4.78, 5) is 0. The zero-order chi connectivity index (χ0) is 38.7. The summed E-state index contributed by atoms with van der Waals surface area (Å²) < 4.78 is 13.5. The van der Waals surface area contributed by atoms with Crippen molar-refractivity contribution in [1.82, 2.24) is 0 Å². The molecule has 2 fully saturated rings. The lowest BCUT2D eigenvalue weighted by Gasteiger charge is -2.32. The first kappa shape index (κ1) is 33.3. The van der Waals surface area contributed by atoms with Crippen LogP contribution < -0.4 is 5.46 Å². The van der Waals surface area contributed by atoms with Crippen molar-refractivity contribution < 1.29 is 9.31 Å². The van der Waals surface area contributed by atoms with Crippen LogP contribution in [0.5, 0.6) is 0 Å². The predicted octanol–water partition coefficient (Wildman–Crippen LogP) is 14.1. The molecule has 1 aliphatic heterocycles. The summed E-state index contributed by atoms with van der Waals surface area (Å²) >= 11 is 0. The molecule has 58 heavy (non-hydrogen) atoms. The second kappa shape index (κ2) is 11.5. The molecule has 3 aliphatic rings. The van der Waals surface area contributed by atoms with Gasteiger partial charge in [-0.15, -0.1) is 0 Å². The Kier molecular flexibility index (Phi) is 6.58. The summed E-state index contributed by atoms with van der Waals surface area (Å²) in [6.45, 7) is 8.57. The molecule has 0 bridgehead atoms. The van der Waals surface area contributed by atoms with E-state index in [-0.39, 0.29) is 0 Å². The van der Waals surface area contributed by atoms with E-state index in [9.17, 15) is 0 Å². The highest BCUT2D eigenvalue weighted by Crippen LogP contribution is 2.56. The maximum atomic E-state index is 6.73. The molecule has 10 aromatic carbocycles. The first-order valence-corrected chi connectivity index (χ1v) is 21.2. The Balaban J connectivity index is 1.19. The Hall–Kier alpha value is -5.74. The smallest absolute Gasteiger partial charge is 0.399 e. The van der Waals surface area contributed by atoms with Gasteiger partial charge in [0.25, 0.3) is 0 Å². The van der Waals surface area contributed by atoms with Gasteiger partial charge in [-0.25, -0.2) is 0 Å². The van der Waals surface area contributed by atoms with E-state index in [2.05, 4.69) is 167 Å². The molecule has 0 aromatic heterocycles. The van der Waals surface area contributed by atoms with Crippen molar-refractivity contribution in [1.29, 1.82) is 0 Å². The predicted molar refractivity (Wildman–Crippen MR) is 246 cm³/mol. The van der Waals surface area contributed by atoms with E-state index in [4.69, 9.17) is 9.31 Å². The van der Waals surface area contributed by atoms with E-state index < -0.39 is 18.3 Å². The SMILES string of the molecule is CC1(C)OB(c2ccc3c4c(-c5ccccc5)c5c(cc6c7ccccc7c7cccc5c76)c(-c5ccc(C6C[C@H]6CC6=CC6)cc5)c4c4cccc2c43)OC1(C)C. The molecule has 13 rings (SSSR count). The summed E-state index contributed by atoms with van der Waals surface area (Å²) in [5.74, 6) is 1.47. The first-order chi connectivity index (χ1) is 28.3. The summed E-state index contributed by atoms with van der Waals surface area (Å²) in [6.07, 6.45) is 6.22. The molecule has 1 saturated carbocycles. The van der Waals surface area contributed by atoms with Crippen LogP contribution in [-0.2, 0) is 9.31 Å². The lowest BCUT2D eigenvalue weighted by Crippen LogP contribution is -2.41. The van der Waals surface area contributed by atoms with E-state index in [1.807, 2.05) is 0 Å². The topological polar surface area (TPSA) is 18.5 Å². The fraction of sp³-hybridized carbons (Fsp3) is 0.200. The molecule has 2 atom stereocenters. The maximum Gasteiger partial charge on any atom is 0.495 e. The third-order valence-electron chi connectivity index (χ3n) is 14.7. The van der Waals surface area contributed by atoms with Gasteiger partial charge in [-0.2, -0.15) is 0 Å². The fourth-order valence-electron chi connectivity index (χ4n) is 11.0. The lowest BCUT2D eigenvalue weighted by molar-refractivity contribution is 0.00578. The van der Waals surface area contributed by atoms with Crippen molar-refractivity contribution in [3.63, 3.8) is 0 Å². The normalized spacial score (nSPS) is 19.9. The number of fused-ring (bicyclic) bond motifs is 8. The lowest BCUT2D eigenvalue weighted by atomic mass is 9.75. The van der Waals surface area contributed by atoms with Gasteiger partial charge in [-0.3, -0.25) is 0 Å². The van der Waals surface area contributed by atoms with E-state index in [0.717, 1.165) is 11.4 Å². The molecule has 2 nitrogen and oxygen atoms in total. The van der Waals surface area contributed by atoms with Gasteiger partial charge in [-0.1, -0.05) is 139 Å². The summed E-state index contributed by atoms with van der Waals surface area (Å²) in [5.41, 5.74) is 8.51. The minimum atomic E-state index is -0.456. The van der Waals surface area contributed by atoms with Gasteiger partial charge in [0.05, 0.1) is 11.2 Å². The van der Waals surface area contributed by atoms with Crippen LogP contribution in [-0.4, -0.2) is 18.3 Å². The zero-order valence-electron chi connectivity index (χ0n) is 33.4. The third-order valence-corrected chi connectivity index (χ3v) is 14.7. The standard InChI is InChI=1S/C55H43BO2/c1-54(2)55(3,4)58-56(57-54)46-27-26-42-50-39(46)17-11-19-41(50)52-47(34-24-22-32(23-25-34)43-29-35(43)28-31-20-21-31)45-30-44-37-15-9-8-14-36(37)38-16-10-18-40(49(38)44)51(45)48(53(42)52)33-12-6-5-7-13-33/h5-20,22-27,30,35,43H,21,28-29H2,1-4H3/t35-,43?/m1/s1. The Morgan fingerprint density at radius 2 is 1.07 bits per heavy atom. The fourth-order valence-corrected chi connectivity index (χ4v) is 11.0. The van der Waals surface area contributed by atoms with Crippen molar-refractivity contribution in [2.45, 2.75) is 64.1 Å². The molecular formula is C55H43BO2. The minimum absolute atomic E-state index is 0.433. The minimum Gasteiger partial charge on any atom is -0.399 e. The monoisotopic (exact) mass is 746 g/mol. The molecular weight excluding hydrogens is 703 g/mol. The van der Waals surface area contributed by atoms with E-state index in [0.29, 0.717) is 5.92 Å². The Morgan fingerprint density at radius 1 is 0.500 bits per heavy atom. The number of hydrogen-bond acceptors (Lipinski definition) is 2. The van der Waals surface area contributed by atoms with Crippen LogP contribution in [0.4, 0.5) is 0 Å². The molecule has 1 heterocycles. The first-order valence-electron chi connectivity index (χ1n) is 21.2. The molecule has 2 aliphatic carbocycles. The molecule has 1 unspecified atom stereocenters. The van der Waals surface area contributed by atoms with Crippen molar-refractivity contribution in [2.24, 2.45) is 5.92 Å². The van der Waals surface area contributed by atoms with Crippen LogP contribution >= 0.6 is 0 Å². The summed E-state index contributed by atoms with van der Waals surface area (Å²) in [6, 6.07) is 50.9. The van der Waals surface area contributed by atoms with E-state index >= 15 is 0 Å². The molecule has 278 valence electrons. The largest absolute Gasteiger partial charge is 0.495 e. The average molecular weight is 747 g/mol. The van der Waals surface area contributed by atoms with Crippen LogP contribution in [0.2, 0.25) is 0 Å². The molecule has 0 radical (unpaired) electrons. The van der Waals surface area contributed by atoms with Gasteiger partial charge >= 0.3 is 7.12 Å². The van der Waals surface area contributed by atoms with Crippen LogP contribution in [0.15, 0.2) is 145 Å². The van der Waals surface area contributed by atoms with Gasteiger partial charge in [0.15, 0.2) is 0 Å². The number of allylic oxidation sites excluding steroid dienone is 2. The van der Waals surface area contributed by atoms with Crippen LogP contribution in [0, 0.1) is 5.92 Å². The molecule has 0 spiro atoms. The van der Waals surface area contributed by atoms with E-state index in [1.54, 1.807) is 5.57 Å².